The molecule has 62 valence electrons. The van der Waals surface area contributed by atoms with E-state index in [0.717, 1.165) is 0 Å². The minimum absolute atomic E-state index is 0.140. The number of hydrogen-bond donors (Lipinski definition) is 0. The van der Waals surface area contributed by atoms with Crippen LogP contribution in [0, 0.1) is 0 Å². The Hall–Kier alpha value is -0.210. The molecule has 0 bridgehead atoms. The van der Waals surface area contributed by atoms with Gasteiger partial charge in [-0.05, 0) is 12.8 Å². The third-order valence-electron chi connectivity index (χ3n) is 1.44. The van der Waals surface area contributed by atoms with Gasteiger partial charge < -0.3 is 0 Å². The third kappa shape index (κ3) is 4.65. The van der Waals surface area contributed by atoms with Crippen molar-refractivity contribution >= 4 is 0 Å². The van der Waals surface area contributed by atoms with Crippen molar-refractivity contribution in [3.8, 4) is 0 Å². The second-order valence-electron chi connectivity index (χ2n) is 2.36. The van der Waals surface area contributed by atoms with Crippen molar-refractivity contribution in [3.63, 3.8) is 0 Å². The van der Waals surface area contributed by atoms with Crippen LogP contribution < -0.4 is 0 Å². The fraction of sp³-hybridized carbons (Fsp3) is 1.00. The van der Waals surface area contributed by atoms with E-state index >= 15 is 0 Å². The fourth-order valence-electron chi connectivity index (χ4n) is 0.655. The van der Waals surface area contributed by atoms with Gasteiger partial charge in [-0.15, -0.1) is 0 Å². The molecule has 0 heterocycles. The summed E-state index contributed by atoms with van der Waals surface area (Å²) in [4.78, 5) is 0. The summed E-state index contributed by atoms with van der Waals surface area (Å²) in [6, 6.07) is 0. The van der Waals surface area contributed by atoms with E-state index in [1.807, 2.05) is 0 Å². The largest absolute Gasteiger partial charge is 0.251 e. The van der Waals surface area contributed by atoms with Gasteiger partial charge in [0.1, 0.15) is 0 Å². The summed E-state index contributed by atoms with van der Waals surface area (Å²) in [5.41, 5.74) is 0. The predicted molar refractivity (Wildman–Crippen MR) is 35.1 cm³/mol. The minimum atomic E-state index is -2.57. The van der Waals surface area contributed by atoms with Crippen molar-refractivity contribution in [2.45, 2.75) is 38.5 Å². The van der Waals surface area contributed by atoms with E-state index in [1.54, 1.807) is 0 Å². The first kappa shape index (κ1) is 9.79. The first-order chi connectivity index (χ1) is 4.62. The molecule has 0 saturated carbocycles. The molecule has 0 fully saturated rings. The number of unbranched alkanes of at least 4 members (excludes halogenated alkanes) is 1. The number of halogens is 3. The molecule has 10 heavy (non-hydrogen) atoms. The highest BCUT2D eigenvalue weighted by Crippen LogP contribution is 2.24. The normalized spacial score (nSPS) is 12.0. The Morgan fingerprint density at radius 1 is 1.20 bits per heavy atom. The molecule has 3 heteroatoms. The fourth-order valence-corrected chi connectivity index (χ4v) is 0.655. The summed E-state index contributed by atoms with van der Waals surface area (Å²) in [7, 11) is 0. The first-order valence-corrected chi connectivity index (χ1v) is 3.56. The SMILES string of the molecule is CCC(F)(F)CCCCF. The van der Waals surface area contributed by atoms with E-state index in [-0.39, 0.29) is 25.7 Å². The van der Waals surface area contributed by atoms with Gasteiger partial charge >= 0.3 is 0 Å². The lowest BCUT2D eigenvalue weighted by Crippen LogP contribution is -2.13. The Morgan fingerprint density at radius 3 is 2.20 bits per heavy atom. The van der Waals surface area contributed by atoms with Crippen molar-refractivity contribution in [2.24, 2.45) is 0 Å². The van der Waals surface area contributed by atoms with Gasteiger partial charge in [0, 0.05) is 12.8 Å². The van der Waals surface area contributed by atoms with E-state index in [4.69, 9.17) is 0 Å². The lowest BCUT2D eigenvalue weighted by atomic mass is 10.1. The van der Waals surface area contributed by atoms with Crippen molar-refractivity contribution in [1.82, 2.24) is 0 Å². The molecule has 0 saturated heterocycles. The van der Waals surface area contributed by atoms with E-state index in [2.05, 4.69) is 0 Å². The molecule has 0 aromatic heterocycles. The highest BCUT2D eigenvalue weighted by Gasteiger charge is 2.24. The molecule has 0 aromatic carbocycles. The topological polar surface area (TPSA) is 0 Å². The maximum atomic E-state index is 12.4. The quantitative estimate of drug-likeness (QED) is 0.533. The average Bonchev–Trinajstić information content (AvgIpc) is 1.89. The molecule has 0 radical (unpaired) electrons. The Bertz CT molecular complexity index is 80.9. The second-order valence-corrected chi connectivity index (χ2v) is 2.36. The molecular weight excluding hydrogens is 141 g/mol. The average molecular weight is 154 g/mol. The Morgan fingerprint density at radius 2 is 1.80 bits per heavy atom. The van der Waals surface area contributed by atoms with E-state index in [1.165, 1.54) is 6.92 Å². The van der Waals surface area contributed by atoms with E-state index in [9.17, 15) is 13.2 Å². The summed E-state index contributed by atoms with van der Waals surface area (Å²) in [5.74, 6) is -2.57. The van der Waals surface area contributed by atoms with Crippen LogP contribution in [0.4, 0.5) is 13.2 Å². The molecule has 0 nitrogen and oxygen atoms in total. The van der Waals surface area contributed by atoms with Gasteiger partial charge in [0.25, 0.3) is 0 Å². The predicted octanol–water partition coefficient (Wildman–Crippen LogP) is 3.17. The monoisotopic (exact) mass is 154 g/mol. The van der Waals surface area contributed by atoms with Gasteiger partial charge in [0.05, 0.1) is 6.67 Å². The molecule has 0 spiro atoms. The zero-order valence-corrected chi connectivity index (χ0v) is 6.17. The molecule has 0 atom stereocenters. The zero-order valence-electron chi connectivity index (χ0n) is 6.17. The minimum Gasteiger partial charge on any atom is -0.251 e. The molecule has 0 aliphatic carbocycles. The van der Waals surface area contributed by atoms with Crippen LogP contribution in [0.3, 0.4) is 0 Å². The van der Waals surface area contributed by atoms with Gasteiger partial charge in [-0.2, -0.15) is 0 Å². The number of rotatable bonds is 5. The van der Waals surface area contributed by atoms with Crippen LogP contribution in [0.25, 0.3) is 0 Å². The van der Waals surface area contributed by atoms with Gasteiger partial charge in [0.15, 0.2) is 0 Å². The standard InChI is InChI=1S/C7H13F3/c1-2-7(9,10)5-3-4-6-8/h2-6H2,1H3. The van der Waals surface area contributed by atoms with Crippen molar-refractivity contribution in [1.29, 1.82) is 0 Å². The van der Waals surface area contributed by atoms with Crippen LogP contribution in [-0.2, 0) is 0 Å². The molecular formula is C7H13F3. The van der Waals surface area contributed by atoms with Crippen LogP contribution >= 0.6 is 0 Å². The Labute approximate surface area is 59.4 Å². The Kier molecular flexibility index (Phi) is 4.49. The third-order valence-corrected chi connectivity index (χ3v) is 1.44. The van der Waals surface area contributed by atoms with Crippen molar-refractivity contribution in [2.75, 3.05) is 6.67 Å². The summed E-state index contributed by atoms with van der Waals surface area (Å²) in [6.07, 6.45) is 0.236. The molecule has 0 N–H and O–H groups in total. The van der Waals surface area contributed by atoms with Crippen LogP contribution in [0.1, 0.15) is 32.6 Å². The summed E-state index contributed by atoms with van der Waals surface area (Å²) in [5, 5.41) is 0. The maximum absolute atomic E-state index is 12.4. The van der Waals surface area contributed by atoms with Gasteiger partial charge in [-0.3, -0.25) is 4.39 Å². The van der Waals surface area contributed by atoms with Crippen LogP contribution in [0.5, 0.6) is 0 Å². The molecule has 0 aromatic rings. The van der Waals surface area contributed by atoms with Crippen LogP contribution in [-0.4, -0.2) is 12.6 Å². The van der Waals surface area contributed by atoms with Gasteiger partial charge in [-0.25, -0.2) is 8.78 Å². The summed E-state index contributed by atoms with van der Waals surface area (Å²) < 4.78 is 36.1. The van der Waals surface area contributed by atoms with Crippen LogP contribution in [0.15, 0.2) is 0 Å². The number of hydrogen-bond acceptors (Lipinski definition) is 0. The molecule has 0 aliphatic rings. The lowest BCUT2D eigenvalue weighted by Gasteiger charge is -2.12. The number of alkyl halides is 3. The Balaban J connectivity index is 3.28. The van der Waals surface area contributed by atoms with Crippen molar-refractivity contribution in [3.05, 3.63) is 0 Å². The molecule has 0 amide bonds. The summed E-state index contributed by atoms with van der Waals surface area (Å²) >= 11 is 0. The van der Waals surface area contributed by atoms with E-state index < -0.39 is 12.6 Å². The molecule has 0 aliphatic heterocycles. The van der Waals surface area contributed by atoms with Gasteiger partial charge in [0.2, 0.25) is 5.92 Å². The highest BCUT2D eigenvalue weighted by molar-refractivity contribution is 4.62. The van der Waals surface area contributed by atoms with E-state index in [0.29, 0.717) is 0 Å². The molecule has 0 unspecified atom stereocenters. The van der Waals surface area contributed by atoms with Crippen LogP contribution in [0.2, 0.25) is 0 Å². The summed E-state index contributed by atoms with van der Waals surface area (Å²) in [6.45, 7) is 0.954. The van der Waals surface area contributed by atoms with Gasteiger partial charge in [-0.1, -0.05) is 6.92 Å². The second kappa shape index (κ2) is 4.58. The highest BCUT2D eigenvalue weighted by atomic mass is 19.3. The smallest absolute Gasteiger partial charge is 0.247 e. The first-order valence-electron chi connectivity index (χ1n) is 3.56. The van der Waals surface area contributed by atoms with Crippen molar-refractivity contribution < 1.29 is 13.2 Å². The lowest BCUT2D eigenvalue weighted by molar-refractivity contribution is -0.0138. The zero-order chi connectivity index (χ0) is 8.04. The maximum Gasteiger partial charge on any atom is 0.247 e. The molecule has 0 rings (SSSR count).